The predicted octanol–water partition coefficient (Wildman–Crippen LogP) is 2.24. The quantitative estimate of drug-likeness (QED) is 0.761. The first-order valence-corrected chi connectivity index (χ1v) is 5.66. The molecule has 16 heavy (non-hydrogen) atoms. The van der Waals surface area contributed by atoms with Crippen molar-refractivity contribution in [3.05, 3.63) is 40.1 Å². The van der Waals surface area contributed by atoms with Crippen LogP contribution in [0.3, 0.4) is 0 Å². The Kier molecular flexibility index (Phi) is 3.26. The highest BCUT2D eigenvalue weighted by Crippen LogP contribution is 2.16. The van der Waals surface area contributed by atoms with Crippen molar-refractivity contribution in [1.29, 1.82) is 0 Å². The Labute approximate surface area is 96.9 Å². The molecule has 2 aromatic rings. The van der Waals surface area contributed by atoms with E-state index >= 15 is 0 Å². The first-order valence-electron chi connectivity index (χ1n) is 4.72. The first-order chi connectivity index (χ1) is 7.79. The van der Waals surface area contributed by atoms with Gasteiger partial charge in [-0.3, -0.25) is 4.79 Å². The van der Waals surface area contributed by atoms with Crippen molar-refractivity contribution in [2.45, 2.75) is 13.5 Å². The molecule has 0 unspecified atom stereocenters. The third kappa shape index (κ3) is 2.43. The lowest BCUT2D eigenvalue weighted by atomic mass is 10.3. The number of rotatable bonds is 4. The highest BCUT2D eigenvalue weighted by molar-refractivity contribution is 7.07. The van der Waals surface area contributed by atoms with Gasteiger partial charge in [0.1, 0.15) is 18.1 Å². The summed E-state index contributed by atoms with van der Waals surface area (Å²) in [6.07, 6.45) is 0.698. The summed E-state index contributed by atoms with van der Waals surface area (Å²) in [5.41, 5.74) is 3.72. The lowest BCUT2D eigenvalue weighted by Gasteiger charge is -2.06. The molecular formula is C11H10N2O2S. The van der Waals surface area contributed by atoms with Crippen LogP contribution in [0.1, 0.15) is 21.9 Å². The van der Waals surface area contributed by atoms with E-state index in [4.69, 9.17) is 4.74 Å². The third-order valence-electron chi connectivity index (χ3n) is 2.00. The van der Waals surface area contributed by atoms with Gasteiger partial charge in [0, 0.05) is 11.1 Å². The summed E-state index contributed by atoms with van der Waals surface area (Å²) in [6.45, 7) is 2.19. The van der Waals surface area contributed by atoms with Gasteiger partial charge in [0.15, 0.2) is 6.29 Å². The molecule has 0 saturated carbocycles. The molecule has 0 bridgehead atoms. The Morgan fingerprint density at radius 2 is 2.38 bits per heavy atom. The van der Waals surface area contributed by atoms with Gasteiger partial charge in [-0.05, 0) is 19.1 Å². The summed E-state index contributed by atoms with van der Waals surface area (Å²) in [7, 11) is 0. The lowest BCUT2D eigenvalue weighted by Crippen LogP contribution is -2.00. The van der Waals surface area contributed by atoms with E-state index in [1.807, 2.05) is 18.4 Å². The molecule has 82 valence electrons. The average molecular weight is 234 g/mol. The van der Waals surface area contributed by atoms with Crippen molar-refractivity contribution in [1.82, 2.24) is 9.97 Å². The van der Waals surface area contributed by atoms with E-state index < -0.39 is 0 Å². The van der Waals surface area contributed by atoms with Crippen molar-refractivity contribution < 1.29 is 9.53 Å². The number of aryl methyl sites for hydroxylation is 1. The van der Waals surface area contributed by atoms with E-state index in [-0.39, 0.29) is 0 Å². The summed E-state index contributed by atoms with van der Waals surface area (Å²) in [6, 6.07) is 3.56. The van der Waals surface area contributed by atoms with Gasteiger partial charge in [-0.15, -0.1) is 11.3 Å². The van der Waals surface area contributed by atoms with Crippen LogP contribution in [0.4, 0.5) is 0 Å². The number of aromatic nitrogens is 2. The van der Waals surface area contributed by atoms with Crippen molar-refractivity contribution in [3.8, 4) is 5.75 Å². The predicted molar refractivity (Wildman–Crippen MR) is 60.8 cm³/mol. The largest absolute Gasteiger partial charge is 0.485 e. The molecule has 0 amide bonds. The Morgan fingerprint density at radius 3 is 3.06 bits per heavy atom. The Balaban J connectivity index is 2.12. The molecule has 4 nitrogen and oxygen atoms in total. The van der Waals surface area contributed by atoms with E-state index in [2.05, 4.69) is 9.97 Å². The zero-order valence-electron chi connectivity index (χ0n) is 8.71. The second kappa shape index (κ2) is 4.85. The number of nitrogens with zero attached hydrogens (tertiary/aromatic N) is 2. The van der Waals surface area contributed by atoms with Crippen LogP contribution in [0.5, 0.6) is 5.75 Å². The Bertz CT molecular complexity index is 483. The van der Waals surface area contributed by atoms with Crippen molar-refractivity contribution in [3.63, 3.8) is 0 Å². The summed E-state index contributed by atoms with van der Waals surface area (Å²) in [4.78, 5) is 19.0. The SMILES string of the molecule is Cc1ccc(OCc2cscn2)c(C=O)n1. The van der Waals surface area contributed by atoms with Gasteiger partial charge in [-0.25, -0.2) is 9.97 Å². The Morgan fingerprint density at radius 1 is 1.50 bits per heavy atom. The van der Waals surface area contributed by atoms with Gasteiger partial charge in [-0.1, -0.05) is 0 Å². The van der Waals surface area contributed by atoms with Crippen LogP contribution < -0.4 is 4.74 Å². The molecule has 2 rings (SSSR count). The fraction of sp³-hybridized carbons (Fsp3) is 0.182. The summed E-state index contributed by atoms with van der Waals surface area (Å²) in [5, 5.41) is 1.90. The average Bonchev–Trinajstić information content (AvgIpc) is 2.80. The maximum absolute atomic E-state index is 10.8. The van der Waals surface area contributed by atoms with Gasteiger partial charge in [0.2, 0.25) is 0 Å². The van der Waals surface area contributed by atoms with Crippen LogP contribution in [-0.4, -0.2) is 16.3 Å². The minimum Gasteiger partial charge on any atom is -0.485 e. The number of carbonyl (C=O) groups is 1. The van der Waals surface area contributed by atoms with Crippen LogP contribution in [0, 0.1) is 6.92 Å². The van der Waals surface area contributed by atoms with Gasteiger partial charge in [0.05, 0.1) is 11.2 Å². The number of carbonyl (C=O) groups excluding carboxylic acids is 1. The zero-order valence-corrected chi connectivity index (χ0v) is 9.53. The van der Waals surface area contributed by atoms with Crippen molar-refractivity contribution >= 4 is 17.6 Å². The van der Waals surface area contributed by atoms with Crippen molar-refractivity contribution in [2.24, 2.45) is 0 Å². The van der Waals surface area contributed by atoms with Crippen LogP contribution in [-0.2, 0) is 6.61 Å². The molecule has 0 atom stereocenters. The zero-order chi connectivity index (χ0) is 11.4. The highest BCUT2D eigenvalue weighted by Gasteiger charge is 2.05. The summed E-state index contributed by atoms with van der Waals surface area (Å²) in [5.74, 6) is 0.494. The monoisotopic (exact) mass is 234 g/mol. The highest BCUT2D eigenvalue weighted by atomic mass is 32.1. The number of hydrogen-bond acceptors (Lipinski definition) is 5. The molecule has 0 aliphatic heterocycles. The van der Waals surface area contributed by atoms with Gasteiger partial charge < -0.3 is 4.74 Å². The molecule has 0 aliphatic carbocycles. The van der Waals surface area contributed by atoms with Crippen LogP contribution in [0.2, 0.25) is 0 Å². The van der Waals surface area contributed by atoms with Crippen LogP contribution >= 0.6 is 11.3 Å². The second-order valence-corrected chi connectivity index (χ2v) is 3.94. The van der Waals surface area contributed by atoms with Gasteiger partial charge in [-0.2, -0.15) is 0 Å². The fourth-order valence-corrected chi connectivity index (χ4v) is 1.77. The minimum absolute atomic E-state index is 0.329. The van der Waals surface area contributed by atoms with E-state index in [0.29, 0.717) is 24.3 Å². The molecule has 0 radical (unpaired) electrons. The molecule has 0 fully saturated rings. The van der Waals surface area contributed by atoms with E-state index in [1.54, 1.807) is 11.6 Å². The molecule has 0 N–H and O–H groups in total. The number of pyridine rings is 1. The van der Waals surface area contributed by atoms with E-state index in [1.165, 1.54) is 11.3 Å². The first kappa shape index (κ1) is 10.8. The topological polar surface area (TPSA) is 52.1 Å². The molecule has 0 aromatic carbocycles. The molecule has 5 heteroatoms. The maximum atomic E-state index is 10.8. The smallest absolute Gasteiger partial charge is 0.172 e. The number of aldehydes is 1. The minimum atomic E-state index is 0.329. The van der Waals surface area contributed by atoms with Crippen LogP contribution in [0.25, 0.3) is 0 Å². The summed E-state index contributed by atoms with van der Waals surface area (Å²) < 4.78 is 5.48. The molecular weight excluding hydrogens is 224 g/mol. The van der Waals surface area contributed by atoms with Crippen LogP contribution in [0.15, 0.2) is 23.0 Å². The molecule has 2 heterocycles. The van der Waals surface area contributed by atoms with E-state index in [9.17, 15) is 4.79 Å². The molecule has 0 spiro atoms. The molecule has 2 aromatic heterocycles. The van der Waals surface area contributed by atoms with E-state index in [0.717, 1.165) is 11.4 Å². The second-order valence-electron chi connectivity index (χ2n) is 3.22. The van der Waals surface area contributed by atoms with Gasteiger partial charge in [0.25, 0.3) is 0 Å². The van der Waals surface area contributed by atoms with Crippen molar-refractivity contribution in [2.75, 3.05) is 0 Å². The number of thiazole rings is 1. The Hall–Kier alpha value is -1.75. The molecule has 0 aliphatic rings. The third-order valence-corrected chi connectivity index (χ3v) is 2.63. The maximum Gasteiger partial charge on any atom is 0.172 e. The van der Waals surface area contributed by atoms with Gasteiger partial charge >= 0.3 is 0 Å². The number of ether oxygens (including phenoxy) is 1. The normalized spacial score (nSPS) is 10.1. The summed E-state index contributed by atoms with van der Waals surface area (Å²) >= 11 is 1.51. The number of hydrogen-bond donors (Lipinski definition) is 0. The fourth-order valence-electron chi connectivity index (χ4n) is 1.23. The standard InChI is InChI=1S/C11H10N2O2S/c1-8-2-3-11(10(4-14)13-8)15-5-9-6-16-7-12-9/h2-4,6-7H,5H2,1H3. The lowest BCUT2D eigenvalue weighted by molar-refractivity contribution is 0.111. The molecule has 0 saturated heterocycles.